The number of carbonyl (C=O) groups is 2. The van der Waals surface area contributed by atoms with E-state index >= 15 is 0 Å². The molecule has 2 saturated carbocycles. The number of hydrogen-bond donors (Lipinski definition) is 2. The van der Waals surface area contributed by atoms with Gasteiger partial charge in [-0.25, -0.2) is 0 Å². The van der Waals surface area contributed by atoms with Gasteiger partial charge in [-0.15, -0.1) is 0 Å². The molecule has 0 bridgehead atoms. The van der Waals surface area contributed by atoms with Gasteiger partial charge in [-0.3, -0.25) is 9.59 Å². The van der Waals surface area contributed by atoms with Crippen LogP contribution in [0.15, 0.2) is 36.9 Å². The number of carbonyl (C=O) groups excluding carboxylic acids is 2. The van der Waals surface area contributed by atoms with E-state index in [-0.39, 0.29) is 17.4 Å². The summed E-state index contributed by atoms with van der Waals surface area (Å²) in [6.45, 7) is 4.04. The normalized spacial score (nSPS) is 18.6. The van der Waals surface area contributed by atoms with Gasteiger partial charge >= 0.3 is 0 Å². The second kappa shape index (κ2) is 6.57. The molecule has 2 amide bonds. The summed E-state index contributed by atoms with van der Waals surface area (Å²) in [6.07, 6.45) is 6.89. The van der Waals surface area contributed by atoms with Crippen LogP contribution in [0.2, 0.25) is 0 Å². The molecule has 0 heterocycles. The summed E-state index contributed by atoms with van der Waals surface area (Å²) < 4.78 is 0. The molecule has 2 aliphatic carbocycles. The number of amides is 2. The summed E-state index contributed by atoms with van der Waals surface area (Å²) >= 11 is 0. The van der Waals surface area contributed by atoms with Crippen molar-refractivity contribution in [3.8, 4) is 0 Å². The predicted octanol–water partition coefficient (Wildman–Crippen LogP) is 2.80. The van der Waals surface area contributed by atoms with Crippen molar-refractivity contribution >= 4 is 11.8 Å². The molecule has 0 unspecified atom stereocenters. The van der Waals surface area contributed by atoms with Crippen molar-refractivity contribution in [2.24, 2.45) is 0 Å². The molecule has 1 aromatic carbocycles. The maximum absolute atomic E-state index is 12.3. The molecule has 0 radical (unpaired) electrons. The van der Waals surface area contributed by atoms with Crippen LogP contribution in [-0.2, 0) is 16.1 Å². The number of rotatable bonds is 7. The van der Waals surface area contributed by atoms with Gasteiger partial charge in [0.1, 0.15) is 0 Å². The first-order chi connectivity index (χ1) is 11.1. The van der Waals surface area contributed by atoms with Gasteiger partial charge in [-0.05, 0) is 55.2 Å². The van der Waals surface area contributed by atoms with E-state index in [1.165, 1.54) is 30.0 Å². The Labute approximate surface area is 137 Å². The number of nitrogens with one attached hydrogen (secondary N) is 2. The van der Waals surface area contributed by atoms with Crippen molar-refractivity contribution in [3.05, 3.63) is 48.0 Å². The van der Waals surface area contributed by atoms with Crippen LogP contribution in [-0.4, -0.2) is 17.4 Å². The van der Waals surface area contributed by atoms with Crippen molar-refractivity contribution in [2.75, 3.05) is 0 Å². The van der Waals surface area contributed by atoms with Crippen LogP contribution in [0.4, 0.5) is 0 Å². The van der Waals surface area contributed by atoms with Crippen LogP contribution in [0, 0.1) is 0 Å². The lowest BCUT2D eigenvalue weighted by molar-refractivity contribution is -0.125. The summed E-state index contributed by atoms with van der Waals surface area (Å²) in [7, 11) is 0. The van der Waals surface area contributed by atoms with Gasteiger partial charge in [-0.1, -0.05) is 30.8 Å². The first-order valence-electron chi connectivity index (χ1n) is 8.41. The van der Waals surface area contributed by atoms with Crippen LogP contribution >= 0.6 is 0 Å². The van der Waals surface area contributed by atoms with Gasteiger partial charge in [-0.2, -0.15) is 0 Å². The Morgan fingerprint density at radius 1 is 1.26 bits per heavy atom. The Bertz CT molecular complexity index is 616. The third kappa shape index (κ3) is 3.81. The molecule has 0 aromatic heterocycles. The monoisotopic (exact) mass is 312 g/mol. The Hall–Kier alpha value is -2.10. The fraction of sp³-hybridized carbons (Fsp3) is 0.474. The predicted molar refractivity (Wildman–Crippen MR) is 89.8 cm³/mol. The standard InChI is InChI=1S/C19H24N2O2/c1-2-17(22)21-19(10-5-11-19)12-18(23)20-13-15-6-3-4-7-16(15)14-8-9-14/h2-4,6-7,14H,1,5,8-13H2,(H,20,23)(H,21,22). The molecule has 2 aliphatic rings. The van der Waals surface area contributed by atoms with E-state index in [4.69, 9.17) is 0 Å². The zero-order chi connectivity index (χ0) is 16.3. The highest BCUT2D eigenvalue weighted by molar-refractivity contribution is 5.88. The van der Waals surface area contributed by atoms with E-state index in [0.29, 0.717) is 18.9 Å². The molecule has 0 atom stereocenters. The second-order valence-corrected chi connectivity index (χ2v) is 6.75. The third-order valence-electron chi connectivity index (χ3n) is 4.93. The fourth-order valence-electron chi connectivity index (χ4n) is 3.31. The van der Waals surface area contributed by atoms with Crippen LogP contribution < -0.4 is 10.6 Å². The first-order valence-corrected chi connectivity index (χ1v) is 8.41. The quantitative estimate of drug-likeness (QED) is 0.761. The molecule has 122 valence electrons. The van der Waals surface area contributed by atoms with Gasteiger partial charge in [0.15, 0.2) is 0 Å². The molecular weight excluding hydrogens is 288 g/mol. The van der Waals surface area contributed by atoms with Crippen molar-refractivity contribution in [1.82, 2.24) is 10.6 Å². The molecule has 0 aliphatic heterocycles. The maximum atomic E-state index is 12.3. The Morgan fingerprint density at radius 2 is 2.00 bits per heavy atom. The van der Waals surface area contributed by atoms with Crippen LogP contribution in [0.1, 0.15) is 55.6 Å². The first kappa shape index (κ1) is 15.8. The van der Waals surface area contributed by atoms with Crippen molar-refractivity contribution in [1.29, 1.82) is 0 Å². The van der Waals surface area contributed by atoms with E-state index in [2.05, 4.69) is 35.4 Å². The molecule has 0 spiro atoms. The third-order valence-corrected chi connectivity index (χ3v) is 4.93. The minimum atomic E-state index is -0.370. The van der Waals surface area contributed by atoms with Crippen molar-refractivity contribution in [2.45, 2.75) is 56.5 Å². The topological polar surface area (TPSA) is 58.2 Å². The Morgan fingerprint density at radius 3 is 2.61 bits per heavy atom. The lowest BCUT2D eigenvalue weighted by Gasteiger charge is -2.41. The average molecular weight is 312 g/mol. The summed E-state index contributed by atoms with van der Waals surface area (Å²) in [5.74, 6) is 0.476. The van der Waals surface area contributed by atoms with E-state index in [1.807, 2.05) is 6.07 Å². The SMILES string of the molecule is C=CC(=O)NC1(CC(=O)NCc2ccccc2C2CC2)CCC1. The van der Waals surface area contributed by atoms with E-state index in [9.17, 15) is 9.59 Å². The smallest absolute Gasteiger partial charge is 0.243 e. The highest BCUT2D eigenvalue weighted by atomic mass is 16.2. The minimum Gasteiger partial charge on any atom is -0.352 e. The molecule has 2 fully saturated rings. The molecule has 1 aromatic rings. The van der Waals surface area contributed by atoms with Crippen molar-refractivity contribution in [3.63, 3.8) is 0 Å². The largest absolute Gasteiger partial charge is 0.352 e. The lowest BCUT2D eigenvalue weighted by Crippen LogP contribution is -2.55. The summed E-state index contributed by atoms with van der Waals surface area (Å²) in [4.78, 5) is 23.8. The maximum Gasteiger partial charge on any atom is 0.243 e. The van der Waals surface area contributed by atoms with Gasteiger partial charge in [0.25, 0.3) is 0 Å². The van der Waals surface area contributed by atoms with Crippen LogP contribution in [0.25, 0.3) is 0 Å². The number of hydrogen-bond acceptors (Lipinski definition) is 2. The van der Waals surface area contributed by atoms with E-state index < -0.39 is 0 Å². The zero-order valence-electron chi connectivity index (χ0n) is 13.4. The molecule has 4 heteroatoms. The number of benzene rings is 1. The molecular formula is C19H24N2O2. The minimum absolute atomic E-state index is 0.000313. The Kier molecular flexibility index (Phi) is 4.51. The highest BCUT2D eigenvalue weighted by Crippen LogP contribution is 2.41. The lowest BCUT2D eigenvalue weighted by atomic mass is 9.74. The second-order valence-electron chi connectivity index (χ2n) is 6.75. The van der Waals surface area contributed by atoms with Crippen LogP contribution in [0.5, 0.6) is 0 Å². The van der Waals surface area contributed by atoms with Gasteiger partial charge in [0.05, 0.1) is 0 Å². The summed E-state index contributed by atoms with van der Waals surface area (Å²) in [6, 6.07) is 8.33. The molecule has 3 rings (SSSR count). The molecule has 4 nitrogen and oxygen atoms in total. The van der Waals surface area contributed by atoms with E-state index in [0.717, 1.165) is 19.3 Å². The fourth-order valence-corrected chi connectivity index (χ4v) is 3.31. The van der Waals surface area contributed by atoms with Gasteiger partial charge < -0.3 is 10.6 Å². The van der Waals surface area contributed by atoms with Gasteiger partial charge in [0, 0.05) is 18.5 Å². The van der Waals surface area contributed by atoms with E-state index in [1.54, 1.807) is 0 Å². The molecule has 2 N–H and O–H groups in total. The van der Waals surface area contributed by atoms with Crippen LogP contribution in [0.3, 0.4) is 0 Å². The van der Waals surface area contributed by atoms with Crippen molar-refractivity contribution < 1.29 is 9.59 Å². The Balaban J connectivity index is 1.55. The molecule has 23 heavy (non-hydrogen) atoms. The summed E-state index contributed by atoms with van der Waals surface area (Å²) in [5, 5.41) is 5.95. The zero-order valence-corrected chi connectivity index (χ0v) is 13.4. The highest BCUT2D eigenvalue weighted by Gasteiger charge is 2.39. The molecule has 0 saturated heterocycles. The van der Waals surface area contributed by atoms with Gasteiger partial charge in [0.2, 0.25) is 11.8 Å². The average Bonchev–Trinajstić information content (AvgIpc) is 3.35. The summed E-state index contributed by atoms with van der Waals surface area (Å²) in [5.41, 5.74) is 2.21.